The van der Waals surface area contributed by atoms with Gasteiger partial charge in [-0.15, -0.1) is 0 Å². The molecule has 0 saturated heterocycles. The lowest BCUT2D eigenvalue weighted by Crippen LogP contribution is -2.41. The Morgan fingerprint density at radius 1 is 1.22 bits per heavy atom. The van der Waals surface area contributed by atoms with Crippen LogP contribution in [0.25, 0.3) is 0 Å². The van der Waals surface area contributed by atoms with Gasteiger partial charge in [0.1, 0.15) is 0 Å². The molecule has 0 aromatic heterocycles. The van der Waals surface area contributed by atoms with E-state index in [1.54, 1.807) is 13.8 Å². The molecule has 0 aliphatic carbocycles. The van der Waals surface area contributed by atoms with E-state index in [0.717, 1.165) is 0 Å². The Kier molecular flexibility index (Phi) is 4.84. The van der Waals surface area contributed by atoms with Gasteiger partial charge in [-0.05, 0) is 26.0 Å². The summed E-state index contributed by atoms with van der Waals surface area (Å²) in [6.45, 7) is 3.24. The van der Waals surface area contributed by atoms with Crippen LogP contribution in [0.2, 0.25) is 15.1 Å². The molecule has 0 radical (unpaired) electrons. The van der Waals surface area contributed by atoms with E-state index in [4.69, 9.17) is 52.8 Å². The molecule has 0 heterocycles. The van der Waals surface area contributed by atoms with Crippen molar-refractivity contribution in [2.24, 2.45) is 11.1 Å². The molecule has 7 heteroatoms. The third kappa shape index (κ3) is 3.26. The molecular weight excluding hydrogens is 315 g/mol. The standard InChI is InChI=1S/C11H11Cl3N2OS/c1-11(2,9(15)18)10(17)16-8-4-6(13)5(12)3-7(8)14/h3-4H,1-2H3,(H2,15,18)(H,16,17). The number of rotatable bonds is 3. The first-order valence-corrected chi connectivity index (χ1v) is 6.46. The number of anilines is 1. The maximum Gasteiger partial charge on any atom is 0.236 e. The van der Waals surface area contributed by atoms with Gasteiger partial charge in [0.05, 0.1) is 31.2 Å². The zero-order valence-corrected chi connectivity index (χ0v) is 12.8. The molecule has 0 aliphatic heterocycles. The monoisotopic (exact) mass is 324 g/mol. The van der Waals surface area contributed by atoms with Crippen LogP contribution in [0.1, 0.15) is 13.8 Å². The van der Waals surface area contributed by atoms with Gasteiger partial charge >= 0.3 is 0 Å². The van der Waals surface area contributed by atoms with Gasteiger partial charge in [-0.3, -0.25) is 4.79 Å². The Bertz CT molecular complexity index is 517. The topological polar surface area (TPSA) is 55.1 Å². The number of benzene rings is 1. The average molecular weight is 326 g/mol. The zero-order valence-electron chi connectivity index (χ0n) is 9.68. The Morgan fingerprint density at radius 3 is 2.22 bits per heavy atom. The maximum absolute atomic E-state index is 12.0. The molecule has 1 rings (SSSR count). The van der Waals surface area contributed by atoms with Crippen molar-refractivity contribution in [3.05, 3.63) is 27.2 Å². The van der Waals surface area contributed by atoms with E-state index >= 15 is 0 Å². The normalized spacial score (nSPS) is 11.2. The SMILES string of the molecule is CC(C)(C(=O)Nc1cc(Cl)c(Cl)cc1Cl)C(N)=S. The van der Waals surface area contributed by atoms with Gasteiger partial charge in [0, 0.05) is 0 Å². The van der Waals surface area contributed by atoms with Crippen molar-refractivity contribution in [1.82, 2.24) is 0 Å². The fraction of sp³-hybridized carbons (Fsp3) is 0.273. The average Bonchev–Trinajstić information content (AvgIpc) is 2.25. The molecule has 1 amide bonds. The molecule has 0 saturated carbocycles. The van der Waals surface area contributed by atoms with Gasteiger partial charge in [-0.1, -0.05) is 47.0 Å². The molecule has 18 heavy (non-hydrogen) atoms. The van der Waals surface area contributed by atoms with Gasteiger partial charge in [0.15, 0.2) is 0 Å². The van der Waals surface area contributed by atoms with Crippen LogP contribution >= 0.6 is 47.0 Å². The molecule has 0 unspecified atom stereocenters. The number of hydrogen-bond acceptors (Lipinski definition) is 2. The molecule has 0 fully saturated rings. The van der Waals surface area contributed by atoms with Crippen LogP contribution in [-0.4, -0.2) is 10.9 Å². The summed E-state index contributed by atoms with van der Waals surface area (Å²) < 4.78 is 0. The minimum atomic E-state index is -0.981. The van der Waals surface area contributed by atoms with Crippen LogP contribution in [0, 0.1) is 5.41 Å². The van der Waals surface area contributed by atoms with Gasteiger partial charge in [-0.2, -0.15) is 0 Å². The van der Waals surface area contributed by atoms with Crippen molar-refractivity contribution in [2.45, 2.75) is 13.8 Å². The highest BCUT2D eigenvalue weighted by molar-refractivity contribution is 7.80. The largest absolute Gasteiger partial charge is 0.392 e. The van der Waals surface area contributed by atoms with Crippen molar-refractivity contribution < 1.29 is 4.79 Å². The van der Waals surface area contributed by atoms with Gasteiger partial charge in [0.2, 0.25) is 5.91 Å². The van der Waals surface area contributed by atoms with Crippen LogP contribution in [0.5, 0.6) is 0 Å². The summed E-state index contributed by atoms with van der Waals surface area (Å²) in [6.07, 6.45) is 0. The molecule has 3 nitrogen and oxygen atoms in total. The Hall–Kier alpha value is -0.550. The second-order valence-corrected chi connectivity index (χ2v) is 5.85. The number of nitrogens with one attached hydrogen (secondary N) is 1. The molecule has 1 aromatic carbocycles. The first kappa shape index (κ1) is 15.5. The van der Waals surface area contributed by atoms with Crippen molar-refractivity contribution >= 4 is 63.6 Å². The van der Waals surface area contributed by atoms with Gasteiger partial charge < -0.3 is 11.1 Å². The highest BCUT2D eigenvalue weighted by atomic mass is 35.5. The lowest BCUT2D eigenvalue weighted by Gasteiger charge is -2.22. The highest BCUT2D eigenvalue weighted by Crippen LogP contribution is 2.33. The lowest BCUT2D eigenvalue weighted by atomic mass is 9.92. The molecule has 0 atom stereocenters. The number of carbonyl (C=O) groups is 1. The van der Waals surface area contributed by atoms with Crippen molar-refractivity contribution in [1.29, 1.82) is 0 Å². The number of thiocarbonyl (C=S) groups is 1. The number of carbonyl (C=O) groups excluding carboxylic acids is 1. The molecule has 3 N–H and O–H groups in total. The number of hydrogen-bond donors (Lipinski definition) is 2. The first-order valence-electron chi connectivity index (χ1n) is 4.92. The van der Waals surface area contributed by atoms with Crippen molar-refractivity contribution in [3.63, 3.8) is 0 Å². The van der Waals surface area contributed by atoms with E-state index in [0.29, 0.717) is 15.7 Å². The van der Waals surface area contributed by atoms with Crippen LogP contribution in [0.15, 0.2) is 12.1 Å². The van der Waals surface area contributed by atoms with E-state index in [9.17, 15) is 4.79 Å². The summed E-state index contributed by atoms with van der Waals surface area (Å²) >= 11 is 22.4. The van der Waals surface area contributed by atoms with E-state index in [2.05, 4.69) is 5.32 Å². The Labute approximate surface area is 126 Å². The third-order valence-electron chi connectivity index (χ3n) is 2.44. The summed E-state index contributed by atoms with van der Waals surface area (Å²) in [6, 6.07) is 2.93. The number of amides is 1. The number of halogens is 3. The summed E-state index contributed by atoms with van der Waals surface area (Å²) in [5, 5.41) is 3.52. The Balaban J connectivity index is 3.03. The molecule has 98 valence electrons. The minimum absolute atomic E-state index is 0.0937. The summed E-state index contributed by atoms with van der Waals surface area (Å²) in [7, 11) is 0. The third-order valence-corrected chi connectivity index (χ3v) is 3.99. The second-order valence-electron chi connectivity index (χ2n) is 4.19. The first-order chi connectivity index (χ1) is 8.16. The fourth-order valence-electron chi connectivity index (χ4n) is 1.01. The smallest absolute Gasteiger partial charge is 0.236 e. The Morgan fingerprint density at radius 2 is 1.72 bits per heavy atom. The van der Waals surface area contributed by atoms with E-state index in [1.807, 2.05) is 0 Å². The fourth-order valence-corrected chi connectivity index (χ4v) is 1.70. The van der Waals surface area contributed by atoms with Crippen LogP contribution < -0.4 is 11.1 Å². The molecule has 0 aliphatic rings. The van der Waals surface area contributed by atoms with Crippen molar-refractivity contribution in [3.8, 4) is 0 Å². The van der Waals surface area contributed by atoms with E-state index < -0.39 is 5.41 Å². The molecule has 0 bridgehead atoms. The molecular formula is C11H11Cl3N2OS. The predicted octanol–water partition coefficient (Wildman–Crippen LogP) is 3.90. The summed E-state index contributed by atoms with van der Waals surface area (Å²) in [5.41, 5.74) is 4.89. The summed E-state index contributed by atoms with van der Waals surface area (Å²) in [5.74, 6) is -0.365. The van der Waals surface area contributed by atoms with Crippen LogP contribution in [0.3, 0.4) is 0 Å². The van der Waals surface area contributed by atoms with Crippen LogP contribution in [0.4, 0.5) is 5.69 Å². The zero-order chi connectivity index (χ0) is 14.1. The van der Waals surface area contributed by atoms with Crippen molar-refractivity contribution in [2.75, 3.05) is 5.32 Å². The van der Waals surface area contributed by atoms with Gasteiger partial charge in [0.25, 0.3) is 0 Å². The molecule has 0 spiro atoms. The summed E-state index contributed by atoms with van der Waals surface area (Å²) in [4.78, 5) is 12.1. The number of nitrogens with two attached hydrogens (primary N) is 1. The lowest BCUT2D eigenvalue weighted by molar-refractivity contribution is -0.121. The van der Waals surface area contributed by atoms with Crippen LogP contribution in [-0.2, 0) is 4.79 Å². The van der Waals surface area contributed by atoms with E-state index in [-0.39, 0.29) is 15.9 Å². The minimum Gasteiger partial charge on any atom is -0.392 e. The predicted molar refractivity (Wildman–Crippen MR) is 80.7 cm³/mol. The quantitative estimate of drug-likeness (QED) is 0.654. The van der Waals surface area contributed by atoms with E-state index in [1.165, 1.54) is 12.1 Å². The molecule has 1 aromatic rings. The highest BCUT2D eigenvalue weighted by Gasteiger charge is 2.31. The second kappa shape index (κ2) is 5.61. The maximum atomic E-state index is 12.0. The van der Waals surface area contributed by atoms with Gasteiger partial charge in [-0.25, -0.2) is 0 Å².